The van der Waals surface area contributed by atoms with Crippen LogP contribution < -0.4 is 4.74 Å². The third-order valence-electron chi connectivity index (χ3n) is 7.25. The summed E-state index contributed by atoms with van der Waals surface area (Å²) in [5.41, 5.74) is -1.88. The van der Waals surface area contributed by atoms with Crippen LogP contribution in [0.1, 0.15) is 26.0 Å². The predicted molar refractivity (Wildman–Crippen MR) is 155 cm³/mol. The first-order valence-corrected chi connectivity index (χ1v) is 14.3. The van der Waals surface area contributed by atoms with Crippen molar-refractivity contribution in [3.63, 3.8) is 0 Å². The molecule has 5 rings (SSSR count). The van der Waals surface area contributed by atoms with E-state index in [-0.39, 0.29) is 46.4 Å². The van der Waals surface area contributed by atoms with Gasteiger partial charge in [0.25, 0.3) is 0 Å². The number of aromatic nitrogens is 5. The lowest BCUT2D eigenvalue weighted by Gasteiger charge is -2.32. The largest absolute Gasteiger partial charge is 0.491 e. The second kappa shape index (κ2) is 12.6. The molecular formula is C29H33ClF3N7O3. The molecule has 0 radical (unpaired) electrons. The number of rotatable bonds is 10. The maximum atomic E-state index is 14.4. The summed E-state index contributed by atoms with van der Waals surface area (Å²) in [5.74, 6) is 0.303. The molecule has 0 aliphatic carbocycles. The Morgan fingerprint density at radius 3 is 2.42 bits per heavy atom. The van der Waals surface area contributed by atoms with E-state index < -0.39 is 17.5 Å². The number of hydrogen-bond donors (Lipinski definition) is 1. The molecule has 0 spiro atoms. The summed E-state index contributed by atoms with van der Waals surface area (Å²) >= 11 is 6.80. The molecule has 3 aromatic heterocycles. The van der Waals surface area contributed by atoms with E-state index in [1.54, 1.807) is 24.3 Å². The summed E-state index contributed by atoms with van der Waals surface area (Å²) in [6.45, 7) is 7.88. The first-order valence-electron chi connectivity index (χ1n) is 13.9. The molecule has 4 aromatic rings. The fraction of sp³-hybridized carbons (Fsp3) is 0.448. The zero-order valence-corrected chi connectivity index (χ0v) is 24.9. The van der Waals surface area contributed by atoms with Crippen molar-refractivity contribution in [2.75, 3.05) is 46.4 Å². The van der Waals surface area contributed by atoms with Gasteiger partial charge in [-0.05, 0) is 39.4 Å². The Morgan fingerprint density at radius 1 is 1.02 bits per heavy atom. The van der Waals surface area contributed by atoms with Gasteiger partial charge in [-0.25, -0.2) is 9.97 Å². The monoisotopic (exact) mass is 619 g/mol. The minimum absolute atomic E-state index is 0.0463. The van der Waals surface area contributed by atoms with Crippen molar-refractivity contribution < 1.29 is 27.5 Å². The average molecular weight is 620 g/mol. The van der Waals surface area contributed by atoms with Crippen molar-refractivity contribution in [1.82, 2.24) is 34.7 Å². The molecule has 230 valence electrons. The van der Waals surface area contributed by atoms with Gasteiger partial charge in [-0.3, -0.25) is 9.58 Å². The van der Waals surface area contributed by atoms with Gasteiger partial charge in [-0.2, -0.15) is 18.3 Å². The van der Waals surface area contributed by atoms with Crippen molar-refractivity contribution in [2.24, 2.45) is 0 Å². The van der Waals surface area contributed by atoms with Crippen molar-refractivity contribution in [1.29, 1.82) is 0 Å². The van der Waals surface area contributed by atoms with E-state index in [2.05, 4.69) is 37.1 Å². The predicted octanol–water partition coefficient (Wildman–Crippen LogP) is 5.12. The molecule has 1 aromatic carbocycles. The third kappa shape index (κ3) is 7.18. The zero-order chi connectivity index (χ0) is 30.8. The molecule has 0 amide bonds. The van der Waals surface area contributed by atoms with Gasteiger partial charge < -0.3 is 19.3 Å². The summed E-state index contributed by atoms with van der Waals surface area (Å²) in [5, 5.41) is 18.5. The van der Waals surface area contributed by atoms with Crippen LogP contribution in [0.5, 0.6) is 5.75 Å². The molecule has 1 fully saturated rings. The van der Waals surface area contributed by atoms with Crippen LogP contribution in [0.3, 0.4) is 0 Å². The molecule has 0 saturated carbocycles. The van der Waals surface area contributed by atoms with Gasteiger partial charge in [0.1, 0.15) is 18.1 Å². The average Bonchev–Trinajstić information content (AvgIpc) is 3.59. The smallest absolute Gasteiger partial charge is 0.433 e. The zero-order valence-electron chi connectivity index (χ0n) is 24.1. The molecule has 1 N–H and O–H groups in total. The summed E-state index contributed by atoms with van der Waals surface area (Å²) in [7, 11) is 2.09. The molecule has 14 heteroatoms. The van der Waals surface area contributed by atoms with E-state index >= 15 is 0 Å². The van der Waals surface area contributed by atoms with Gasteiger partial charge in [-0.15, -0.1) is 0 Å². The van der Waals surface area contributed by atoms with Gasteiger partial charge in [0.2, 0.25) is 0 Å². The normalized spacial score (nSPS) is 15.3. The van der Waals surface area contributed by atoms with E-state index in [9.17, 15) is 18.3 Å². The number of halogens is 4. The van der Waals surface area contributed by atoms with Crippen LogP contribution in [0.4, 0.5) is 13.2 Å². The Morgan fingerprint density at radius 2 is 1.74 bits per heavy atom. The third-order valence-corrected chi connectivity index (χ3v) is 7.64. The van der Waals surface area contributed by atoms with Crippen molar-refractivity contribution in [3.05, 3.63) is 53.6 Å². The van der Waals surface area contributed by atoms with Gasteiger partial charge in [0, 0.05) is 57.2 Å². The summed E-state index contributed by atoms with van der Waals surface area (Å²) in [6.07, 6.45) is -0.726. The van der Waals surface area contributed by atoms with Crippen LogP contribution in [0.15, 0.2) is 47.4 Å². The molecular weight excluding hydrogens is 587 g/mol. The van der Waals surface area contributed by atoms with Crippen LogP contribution in [0, 0.1) is 0 Å². The SMILES string of the molecule is CN1CCN(CCOc2cccc(-c3noc(-c4cnn(CCC(C)(C)O)c4C(F)(F)F)c3-c3ncccn3)c2Cl)CC1. The fourth-order valence-electron chi connectivity index (χ4n) is 4.85. The van der Waals surface area contributed by atoms with Crippen molar-refractivity contribution >= 4 is 11.6 Å². The summed E-state index contributed by atoms with van der Waals surface area (Å²) < 4.78 is 55.8. The highest BCUT2D eigenvalue weighted by Crippen LogP contribution is 2.46. The highest BCUT2D eigenvalue weighted by molar-refractivity contribution is 6.35. The number of ether oxygens (including phenoxy) is 1. The second-order valence-electron chi connectivity index (χ2n) is 11.1. The van der Waals surface area contributed by atoms with E-state index in [1.165, 1.54) is 26.2 Å². The first kappa shape index (κ1) is 30.9. The topological polar surface area (TPSA) is 106 Å². The van der Waals surface area contributed by atoms with E-state index in [0.717, 1.165) is 43.6 Å². The molecule has 43 heavy (non-hydrogen) atoms. The molecule has 1 saturated heterocycles. The van der Waals surface area contributed by atoms with Gasteiger partial charge in [-0.1, -0.05) is 28.9 Å². The van der Waals surface area contributed by atoms with Crippen molar-refractivity contribution in [3.8, 4) is 39.7 Å². The van der Waals surface area contributed by atoms with Crippen LogP contribution in [-0.4, -0.2) is 91.8 Å². The van der Waals surface area contributed by atoms with E-state index in [4.69, 9.17) is 20.9 Å². The number of alkyl halides is 3. The number of nitrogens with zero attached hydrogens (tertiary/aromatic N) is 7. The van der Waals surface area contributed by atoms with E-state index in [1.807, 2.05) is 0 Å². The van der Waals surface area contributed by atoms with Crippen LogP contribution in [-0.2, 0) is 12.7 Å². The van der Waals surface area contributed by atoms with Gasteiger partial charge in [0.05, 0.1) is 27.9 Å². The number of hydrogen-bond acceptors (Lipinski definition) is 9. The highest BCUT2D eigenvalue weighted by atomic mass is 35.5. The molecule has 1 aliphatic heterocycles. The minimum Gasteiger partial charge on any atom is -0.491 e. The molecule has 0 unspecified atom stereocenters. The Bertz CT molecular complexity index is 1530. The molecule has 0 atom stereocenters. The summed E-state index contributed by atoms with van der Waals surface area (Å²) in [6, 6.07) is 6.73. The van der Waals surface area contributed by atoms with E-state index in [0.29, 0.717) is 17.9 Å². The Balaban J connectivity index is 1.52. The second-order valence-corrected chi connectivity index (χ2v) is 11.5. The Hall–Kier alpha value is -3.52. The summed E-state index contributed by atoms with van der Waals surface area (Å²) in [4.78, 5) is 13.2. The quantitative estimate of drug-likeness (QED) is 0.259. The Kier molecular flexibility index (Phi) is 9.07. The Labute approximate surface area is 252 Å². The molecule has 1 aliphatic rings. The highest BCUT2D eigenvalue weighted by Gasteiger charge is 2.41. The minimum atomic E-state index is -4.79. The van der Waals surface area contributed by atoms with Crippen molar-refractivity contribution in [2.45, 2.75) is 38.6 Å². The standard InChI is InChI=1S/C29H33ClF3N7O3/c1-28(2,41)8-11-40-26(29(31,32)33)20(18-36-40)25-22(27-34-9-5-10-35-27)24(37-43-25)19-6-4-7-21(23(19)30)42-17-16-39-14-12-38(3)13-15-39/h4-7,9-10,18,41H,8,11-17H2,1-3H3. The lowest BCUT2D eigenvalue weighted by molar-refractivity contribution is -0.144. The number of aliphatic hydroxyl groups is 1. The first-order chi connectivity index (χ1) is 20.4. The lowest BCUT2D eigenvalue weighted by Crippen LogP contribution is -2.45. The van der Waals surface area contributed by atoms with Gasteiger partial charge in [0.15, 0.2) is 17.3 Å². The molecule has 0 bridgehead atoms. The number of benzene rings is 1. The number of aryl methyl sites for hydroxylation is 1. The van der Waals surface area contributed by atoms with Crippen LogP contribution >= 0.6 is 11.6 Å². The molecule has 4 heterocycles. The maximum absolute atomic E-state index is 14.4. The molecule has 10 nitrogen and oxygen atoms in total. The fourth-order valence-corrected chi connectivity index (χ4v) is 5.12. The maximum Gasteiger partial charge on any atom is 0.433 e. The van der Waals surface area contributed by atoms with Crippen LogP contribution in [0.2, 0.25) is 5.02 Å². The number of likely N-dealkylation sites (N-methyl/N-ethyl adjacent to an activating group) is 1. The lowest BCUT2D eigenvalue weighted by atomic mass is 10.0. The number of piperazine rings is 1. The van der Waals surface area contributed by atoms with Crippen LogP contribution in [0.25, 0.3) is 34.0 Å². The van der Waals surface area contributed by atoms with Gasteiger partial charge >= 0.3 is 6.18 Å².